The summed E-state index contributed by atoms with van der Waals surface area (Å²) < 4.78 is 0. The fraction of sp³-hybridized carbons (Fsp3) is 0.333. The van der Waals surface area contributed by atoms with Gasteiger partial charge in [0.2, 0.25) is 0 Å². The van der Waals surface area contributed by atoms with Crippen molar-refractivity contribution in [2.45, 2.75) is 32.4 Å². The van der Waals surface area contributed by atoms with Crippen LogP contribution in [-0.4, -0.2) is 29.4 Å². The van der Waals surface area contributed by atoms with Crippen LogP contribution in [0.4, 0.5) is 0 Å². The molecule has 3 rings (SSSR count). The normalized spacial score (nSPS) is 23.2. The molecule has 2 aliphatic rings. The first-order valence-electron chi connectivity index (χ1n) is 7.73. The molecule has 2 aliphatic heterocycles. The summed E-state index contributed by atoms with van der Waals surface area (Å²) in [5.41, 5.74) is 2.89. The zero-order valence-corrected chi connectivity index (χ0v) is 13.2. The molecular weight excluding hydrogens is 288 g/mol. The van der Waals surface area contributed by atoms with Crippen LogP contribution in [0.5, 0.6) is 0 Å². The Bertz CT molecular complexity index is 757. The van der Waals surface area contributed by atoms with E-state index in [0.717, 1.165) is 23.2 Å². The van der Waals surface area contributed by atoms with Gasteiger partial charge in [-0.1, -0.05) is 25.1 Å². The van der Waals surface area contributed by atoms with E-state index in [4.69, 9.17) is 0 Å². The molecule has 5 heteroatoms. The second kappa shape index (κ2) is 6.17. The van der Waals surface area contributed by atoms with Gasteiger partial charge in [0.05, 0.1) is 11.8 Å². The van der Waals surface area contributed by atoms with Gasteiger partial charge in [-0.2, -0.15) is 10.4 Å². The number of rotatable bonds is 4. The van der Waals surface area contributed by atoms with E-state index in [1.807, 2.05) is 37.3 Å². The number of nitriles is 1. The first-order chi connectivity index (χ1) is 11.2. The molecule has 1 aromatic carbocycles. The van der Waals surface area contributed by atoms with Crippen LogP contribution < -0.4 is 0 Å². The number of ketones is 1. The van der Waals surface area contributed by atoms with Crippen molar-refractivity contribution in [1.82, 2.24) is 5.01 Å². The molecule has 0 N–H and O–H groups in total. The number of carbonyl (C=O) groups is 1. The predicted octanol–water partition coefficient (Wildman–Crippen LogP) is 2.96. The van der Waals surface area contributed by atoms with E-state index in [9.17, 15) is 10.1 Å². The monoisotopic (exact) mass is 306 g/mol. The molecular formula is C18H18N4O. The number of hydrogen-bond acceptors (Lipinski definition) is 5. The number of allylic oxidation sites excluding steroid dienone is 1. The number of fused-ring (bicyclic) bond motifs is 1. The lowest BCUT2D eigenvalue weighted by atomic mass is 9.91. The Morgan fingerprint density at radius 2 is 2.30 bits per heavy atom. The summed E-state index contributed by atoms with van der Waals surface area (Å²) >= 11 is 0. The van der Waals surface area contributed by atoms with Crippen LogP contribution >= 0.6 is 0 Å². The second-order valence-electron chi connectivity index (χ2n) is 5.72. The molecule has 116 valence electrons. The fourth-order valence-corrected chi connectivity index (χ4v) is 3.08. The van der Waals surface area contributed by atoms with Crippen molar-refractivity contribution in [1.29, 1.82) is 5.26 Å². The minimum absolute atomic E-state index is 0.0856. The molecule has 3 unspecified atom stereocenters. The molecule has 1 aromatic rings. The average molecular weight is 306 g/mol. The molecule has 0 spiro atoms. The number of carbonyl (C=O) groups excluding carboxylic acids is 1. The molecule has 0 bridgehead atoms. The Kier molecular flexibility index (Phi) is 4.07. The van der Waals surface area contributed by atoms with Crippen LogP contribution in [0.2, 0.25) is 0 Å². The van der Waals surface area contributed by atoms with Gasteiger partial charge in [0.25, 0.3) is 0 Å². The van der Waals surface area contributed by atoms with Crippen molar-refractivity contribution in [2.75, 3.05) is 0 Å². The maximum Gasteiger partial charge on any atom is 0.162 e. The molecule has 0 aromatic heterocycles. The van der Waals surface area contributed by atoms with Gasteiger partial charge in [-0.25, -0.2) is 5.01 Å². The van der Waals surface area contributed by atoms with Crippen LogP contribution in [0, 0.1) is 17.2 Å². The minimum Gasteiger partial charge on any atom is -0.299 e. The Morgan fingerprint density at radius 3 is 3.00 bits per heavy atom. The van der Waals surface area contributed by atoms with E-state index in [1.165, 1.54) is 0 Å². The smallest absolute Gasteiger partial charge is 0.162 e. The van der Waals surface area contributed by atoms with E-state index < -0.39 is 0 Å². The number of Topliss-reactive ketones (excluding diaryl/α,β-unsaturated/α-hetero) is 1. The van der Waals surface area contributed by atoms with Crippen LogP contribution in [0.15, 0.2) is 40.4 Å². The van der Waals surface area contributed by atoms with Crippen LogP contribution in [0.3, 0.4) is 0 Å². The maximum atomic E-state index is 11.8. The van der Waals surface area contributed by atoms with Crippen molar-refractivity contribution in [2.24, 2.45) is 16.0 Å². The topological polar surface area (TPSA) is 68.8 Å². The average Bonchev–Trinajstić information content (AvgIpc) is 2.98. The Morgan fingerprint density at radius 1 is 1.48 bits per heavy atom. The molecule has 0 saturated carbocycles. The van der Waals surface area contributed by atoms with E-state index in [1.54, 1.807) is 24.4 Å². The molecule has 3 atom stereocenters. The number of hydrogen-bond donors (Lipinski definition) is 0. The summed E-state index contributed by atoms with van der Waals surface area (Å²) in [7, 11) is 0. The van der Waals surface area contributed by atoms with E-state index in [-0.39, 0.29) is 23.8 Å². The predicted molar refractivity (Wildman–Crippen MR) is 89.8 cm³/mol. The number of nitrogens with zero attached hydrogens (tertiary/aromatic N) is 4. The van der Waals surface area contributed by atoms with Crippen LogP contribution in [0.25, 0.3) is 5.70 Å². The third-order valence-electron chi connectivity index (χ3n) is 4.27. The molecule has 0 saturated heterocycles. The van der Waals surface area contributed by atoms with Crippen molar-refractivity contribution < 1.29 is 4.79 Å². The summed E-state index contributed by atoms with van der Waals surface area (Å²) in [5.74, 6) is -0.248. The summed E-state index contributed by atoms with van der Waals surface area (Å²) in [6.45, 7) is 3.65. The first-order valence-corrected chi connectivity index (χ1v) is 7.73. The van der Waals surface area contributed by atoms with Crippen molar-refractivity contribution >= 4 is 23.9 Å². The van der Waals surface area contributed by atoms with Gasteiger partial charge in [0.15, 0.2) is 6.17 Å². The quantitative estimate of drug-likeness (QED) is 0.858. The highest BCUT2D eigenvalue weighted by Gasteiger charge is 2.34. The molecule has 2 heterocycles. The minimum atomic E-state index is -0.334. The fourth-order valence-electron chi connectivity index (χ4n) is 3.08. The Labute approximate surface area is 135 Å². The Balaban J connectivity index is 1.95. The number of benzene rings is 1. The van der Waals surface area contributed by atoms with Gasteiger partial charge in [0.1, 0.15) is 11.7 Å². The van der Waals surface area contributed by atoms with Crippen molar-refractivity contribution in [3.05, 3.63) is 41.5 Å². The zero-order valence-electron chi connectivity index (χ0n) is 13.2. The molecule has 0 amide bonds. The third kappa shape index (κ3) is 2.68. The lowest BCUT2D eigenvalue weighted by Gasteiger charge is -2.27. The summed E-state index contributed by atoms with van der Waals surface area (Å²) in [4.78, 5) is 16.2. The summed E-state index contributed by atoms with van der Waals surface area (Å²) in [6.07, 6.45) is 5.74. The number of hydrazone groups is 1. The van der Waals surface area contributed by atoms with Crippen molar-refractivity contribution in [3.63, 3.8) is 0 Å². The molecule has 23 heavy (non-hydrogen) atoms. The summed E-state index contributed by atoms with van der Waals surface area (Å²) in [6, 6.07) is 10.2. The number of aliphatic imine (C=N–C) groups is 1. The largest absolute Gasteiger partial charge is 0.299 e. The maximum absolute atomic E-state index is 11.8. The summed E-state index contributed by atoms with van der Waals surface area (Å²) in [5, 5.41) is 15.3. The SMILES string of the molecule is CCC(C(C)=O)c1cccc(C2=CC=NC3C(C#N)C=NN23)c1. The molecule has 0 aliphatic carbocycles. The van der Waals surface area contributed by atoms with Crippen LogP contribution in [0.1, 0.15) is 37.3 Å². The first kappa shape index (κ1) is 15.2. The highest BCUT2D eigenvalue weighted by atomic mass is 16.1. The standard InChI is InChI=1S/C18H18N4O/c1-3-16(12(2)23)13-5-4-6-14(9-13)17-7-8-20-18-15(10-19)11-21-22(17)18/h4-9,11,15-16,18H,3H2,1-2H3. The van der Waals surface area contributed by atoms with Crippen molar-refractivity contribution in [3.8, 4) is 6.07 Å². The highest BCUT2D eigenvalue weighted by Crippen LogP contribution is 2.32. The van der Waals surface area contributed by atoms with E-state index in [0.29, 0.717) is 0 Å². The van der Waals surface area contributed by atoms with Gasteiger partial charge in [0, 0.05) is 23.9 Å². The lowest BCUT2D eigenvalue weighted by molar-refractivity contribution is -0.118. The van der Waals surface area contributed by atoms with Gasteiger partial charge in [-0.15, -0.1) is 0 Å². The van der Waals surface area contributed by atoms with Crippen LogP contribution in [-0.2, 0) is 4.79 Å². The van der Waals surface area contributed by atoms with Gasteiger partial charge >= 0.3 is 0 Å². The third-order valence-corrected chi connectivity index (χ3v) is 4.27. The van der Waals surface area contributed by atoms with E-state index >= 15 is 0 Å². The van der Waals surface area contributed by atoms with E-state index in [2.05, 4.69) is 16.2 Å². The molecule has 0 radical (unpaired) electrons. The molecule has 0 fully saturated rings. The Hall–Kier alpha value is -2.74. The zero-order chi connectivity index (χ0) is 16.4. The lowest BCUT2D eigenvalue weighted by Crippen LogP contribution is -2.31. The van der Waals surface area contributed by atoms with Gasteiger partial charge in [-0.3, -0.25) is 9.79 Å². The molecule has 5 nitrogen and oxygen atoms in total. The highest BCUT2D eigenvalue weighted by molar-refractivity contribution is 5.88. The van der Waals surface area contributed by atoms with Gasteiger partial charge < -0.3 is 0 Å². The second-order valence-corrected chi connectivity index (χ2v) is 5.72. The van der Waals surface area contributed by atoms with Gasteiger partial charge in [-0.05, 0) is 31.1 Å².